The quantitative estimate of drug-likeness (QED) is 0.224. The van der Waals surface area contributed by atoms with Crippen LogP contribution in [0.4, 0.5) is 5.69 Å². The number of piperazine rings is 1. The molecule has 6 rings (SSSR count). The number of rotatable bonds is 7. The average Bonchev–Trinajstić information content (AvgIpc) is 3.43. The van der Waals surface area contributed by atoms with Crippen molar-refractivity contribution in [2.24, 2.45) is 11.5 Å². The molecule has 1 fully saturated rings. The number of fused-ring (bicyclic) bond motifs is 3. The number of H-pyrrole nitrogens is 1. The molecule has 0 saturated carbocycles. The van der Waals surface area contributed by atoms with E-state index < -0.39 is 5.91 Å². The van der Waals surface area contributed by atoms with Crippen LogP contribution in [-0.2, 0) is 13.0 Å². The standard InChI is InChI=1S/C34H35N7O3/c1-3-20-7-12-28(37-19-20)33(43)39-27-6-4-5-22(26(27)18-35)23-10-11-25(32(36)42)31-30(23)24-9-8-21(17-29(24)38-31)34(44)41-15-13-40(2)14-16-41/h4-12,17,19,38H,3,13-16,18,35H2,1-2H3,(H2,36,42)(H,39,43). The molecule has 1 aliphatic heterocycles. The average molecular weight is 590 g/mol. The van der Waals surface area contributed by atoms with E-state index in [9.17, 15) is 14.4 Å². The highest BCUT2D eigenvalue weighted by atomic mass is 16.2. The van der Waals surface area contributed by atoms with Crippen LogP contribution in [0.1, 0.15) is 49.3 Å². The number of anilines is 1. The Bertz CT molecular complexity index is 1900. The van der Waals surface area contributed by atoms with Crippen LogP contribution in [0.5, 0.6) is 0 Å². The van der Waals surface area contributed by atoms with E-state index in [0.29, 0.717) is 41.1 Å². The van der Waals surface area contributed by atoms with Gasteiger partial charge in [0.2, 0.25) is 0 Å². The lowest BCUT2D eigenvalue weighted by molar-refractivity contribution is 0.0664. The highest BCUT2D eigenvalue weighted by Crippen LogP contribution is 2.39. The molecule has 3 heterocycles. The number of carbonyl (C=O) groups excluding carboxylic acids is 3. The van der Waals surface area contributed by atoms with Crippen molar-refractivity contribution in [3.05, 3.63) is 94.8 Å². The predicted molar refractivity (Wildman–Crippen MR) is 173 cm³/mol. The summed E-state index contributed by atoms with van der Waals surface area (Å²) >= 11 is 0. The number of hydrogen-bond donors (Lipinski definition) is 4. The first-order valence-electron chi connectivity index (χ1n) is 14.7. The van der Waals surface area contributed by atoms with Gasteiger partial charge in [0, 0.05) is 66.5 Å². The lowest BCUT2D eigenvalue weighted by Gasteiger charge is -2.32. The van der Waals surface area contributed by atoms with Crippen LogP contribution < -0.4 is 16.8 Å². The number of primary amides is 1. The molecule has 0 unspecified atom stereocenters. The molecule has 0 radical (unpaired) electrons. The van der Waals surface area contributed by atoms with E-state index in [1.165, 1.54) is 0 Å². The number of aryl methyl sites for hydroxylation is 1. The number of carbonyl (C=O) groups is 3. The maximum absolute atomic E-state index is 13.3. The number of aromatic amines is 1. The van der Waals surface area contributed by atoms with Crippen molar-refractivity contribution in [1.82, 2.24) is 19.8 Å². The van der Waals surface area contributed by atoms with Gasteiger partial charge in [-0.1, -0.05) is 37.3 Å². The van der Waals surface area contributed by atoms with E-state index in [4.69, 9.17) is 11.5 Å². The molecule has 0 atom stereocenters. The molecule has 2 aromatic heterocycles. The number of likely N-dealkylation sites (N-methyl/N-ethyl adjacent to an activating group) is 1. The van der Waals surface area contributed by atoms with Crippen LogP contribution in [-0.4, -0.2) is 70.7 Å². The highest BCUT2D eigenvalue weighted by Gasteiger charge is 2.23. The fourth-order valence-electron chi connectivity index (χ4n) is 5.90. The van der Waals surface area contributed by atoms with E-state index >= 15 is 0 Å². The summed E-state index contributed by atoms with van der Waals surface area (Å²) in [6.45, 7) is 5.19. The summed E-state index contributed by atoms with van der Waals surface area (Å²) in [6.07, 6.45) is 2.53. The second kappa shape index (κ2) is 11.9. The SMILES string of the molecule is CCc1ccc(C(=O)Nc2cccc(-c3ccc(C(N)=O)c4[nH]c5cc(C(=O)N6CCN(C)CC6)ccc5c34)c2CN)nc1. The number of hydrogen-bond acceptors (Lipinski definition) is 6. The zero-order valence-corrected chi connectivity index (χ0v) is 24.8. The zero-order valence-electron chi connectivity index (χ0n) is 24.8. The Labute approximate surface area is 255 Å². The maximum Gasteiger partial charge on any atom is 0.274 e. The largest absolute Gasteiger partial charge is 0.366 e. The number of amides is 3. The maximum atomic E-state index is 13.3. The Hall–Kier alpha value is -5.06. The van der Waals surface area contributed by atoms with E-state index in [1.807, 2.05) is 67.4 Å². The molecule has 1 aliphatic rings. The molecule has 224 valence electrons. The molecule has 0 bridgehead atoms. The molecule has 10 heteroatoms. The number of nitrogens with two attached hydrogens (primary N) is 2. The molecule has 10 nitrogen and oxygen atoms in total. The lowest BCUT2D eigenvalue weighted by Crippen LogP contribution is -2.47. The third kappa shape index (κ3) is 5.29. The van der Waals surface area contributed by atoms with Crippen molar-refractivity contribution in [1.29, 1.82) is 0 Å². The minimum atomic E-state index is -0.566. The number of benzene rings is 3. The number of aromatic nitrogens is 2. The molecule has 44 heavy (non-hydrogen) atoms. The summed E-state index contributed by atoms with van der Waals surface area (Å²) < 4.78 is 0. The molecule has 5 aromatic rings. The summed E-state index contributed by atoms with van der Waals surface area (Å²) in [5.74, 6) is -0.927. The number of nitrogens with one attached hydrogen (secondary N) is 2. The third-order valence-electron chi connectivity index (χ3n) is 8.44. The number of nitrogens with zero attached hydrogens (tertiary/aromatic N) is 3. The number of pyridine rings is 1. The zero-order chi connectivity index (χ0) is 31.0. The van der Waals surface area contributed by atoms with Gasteiger partial charge in [0.15, 0.2) is 0 Å². The molecule has 0 aliphatic carbocycles. The summed E-state index contributed by atoms with van der Waals surface area (Å²) in [7, 11) is 2.05. The van der Waals surface area contributed by atoms with Crippen molar-refractivity contribution in [2.75, 3.05) is 38.5 Å². The Morgan fingerprint density at radius 3 is 2.45 bits per heavy atom. The van der Waals surface area contributed by atoms with E-state index in [-0.39, 0.29) is 18.4 Å². The van der Waals surface area contributed by atoms with Gasteiger partial charge >= 0.3 is 0 Å². The minimum Gasteiger partial charge on any atom is -0.366 e. The van der Waals surface area contributed by atoms with Gasteiger partial charge in [0.05, 0.1) is 11.1 Å². The van der Waals surface area contributed by atoms with E-state index in [2.05, 4.69) is 20.2 Å². The fourth-order valence-corrected chi connectivity index (χ4v) is 5.90. The van der Waals surface area contributed by atoms with Gasteiger partial charge in [0.25, 0.3) is 17.7 Å². The van der Waals surface area contributed by atoms with Crippen LogP contribution in [0.2, 0.25) is 0 Å². The van der Waals surface area contributed by atoms with Crippen LogP contribution in [0.25, 0.3) is 32.9 Å². The molecule has 6 N–H and O–H groups in total. The van der Waals surface area contributed by atoms with Crippen molar-refractivity contribution < 1.29 is 14.4 Å². The van der Waals surface area contributed by atoms with Gasteiger partial charge in [-0.05, 0) is 66.1 Å². The van der Waals surface area contributed by atoms with Gasteiger partial charge in [-0.25, -0.2) is 0 Å². The fraction of sp³-hybridized carbons (Fsp3) is 0.235. The lowest BCUT2D eigenvalue weighted by atomic mass is 9.92. The Balaban J connectivity index is 1.44. The molecule has 3 aromatic carbocycles. The van der Waals surface area contributed by atoms with Crippen molar-refractivity contribution in [2.45, 2.75) is 19.9 Å². The van der Waals surface area contributed by atoms with Gasteiger partial charge in [-0.3, -0.25) is 19.4 Å². The normalized spacial score (nSPS) is 13.8. The van der Waals surface area contributed by atoms with Crippen LogP contribution in [0.15, 0.2) is 66.9 Å². The first-order valence-corrected chi connectivity index (χ1v) is 14.7. The van der Waals surface area contributed by atoms with E-state index in [0.717, 1.165) is 58.1 Å². The Morgan fingerprint density at radius 1 is 0.977 bits per heavy atom. The predicted octanol–water partition coefficient (Wildman–Crippen LogP) is 4.14. The summed E-state index contributed by atoms with van der Waals surface area (Å²) in [4.78, 5) is 50.7. The third-order valence-corrected chi connectivity index (χ3v) is 8.44. The first-order chi connectivity index (χ1) is 21.3. The topological polar surface area (TPSA) is 150 Å². The van der Waals surface area contributed by atoms with Crippen LogP contribution >= 0.6 is 0 Å². The smallest absolute Gasteiger partial charge is 0.274 e. The highest BCUT2D eigenvalue weighted by molar-refractivity contribution is 6.20. The van der Waals surface area contributed by atoms with Crippen molar-refractivity contribution >= 4 is 45.2 Å². The Kier molecular flexibility index (Phi) is 7.86. The molecular weight excluding hydrogens is 554 g/mol. The summed E-state index contributed by atoms with van der Waals surface area (Å²) in [5.41, 5.74) is 18.6. The summed E-state index contributed by atoms with van der Waals surface area (Å²) in [6, 6.07) is 18.3. The van der Waals surface area contributed by atoms with Gasteiger partial charge in [-0.2, -0.15) is 0 Å². The van der Waals surface area contributed by atoms with Gasteiger partial charge in [-0.15, -0.1) is 0 Å². The van der Waals surface area contributed by atoms with Crippen molar-refractivity contribution in [3.8, 4) is 11.1 Å². The Morgan fingerprint density at radius 2 is 1.77 bits per heavy atom. The van der Waals surface area contributed by atoms with E-state index in [1.54, 1.807) is 18.3 Å². The minimum absolute atomic E-state index is 0.0262. The molecular formula is C34H35N7O3. The summed E-state index contributed by atoms with van der Waals surface area (Å²) in [5, 5.41) is 4.60. The second-order valence-electron chi connectivity index (χ2n) is 11.2. The van der Waals surface area contributed by atoms with Crippen LogP contribution in [0.3, 0.4) is 0 Å². The van der Waals surface area contributed by atoms with Crippen LogP contribution in [0, 0.1) is 0 Å². The second-order valence-corrected chi connectivity index (χ2v) is 11.2. The molecule has 0 spiro atoms. The monoisotopic (exact) mass is 589 g/mol. The molecule has 3 amide bonds. The van der Waals surface area contributed by atoms with Gasteiger partial charge in [0.1, 0.15) is 5.69 Å². The van der Waals surface area contributed by atoms with Crippen molar-refractivity contribution in [3.63, 3.8) is 0 Å². The molecule has 1 saturated heterocycles. The van der Waals surface area contributed by atoms with Gasteiger partial charge < -0.3 is 31.6 Å². The first kappa shape index (κ1) is 29.0.